The Morgan fingerprint density at radius 3 is 2.32 bits per heavy atom. The van der Waals surface area contributed by atoms with Gasteiger partial charge < -0.3 is 5.32 Å². The summed E-state index contributed by atoms with van der Waals surface area (Å²) in [6, 6.07) is 22.5. The van der Waals surface area contributed by atoms with Crippen LogP contribution in [0.5, 0.6) is 0 Å². The van der Waals surface area contributed by atoms with Crippen LogP contribution in [0.15, 0.2) is 83.8 Å². The molecule has 0 aromatic heterocycles. The van der Waals surface area contributed by atoms with Gasteiger partial charge in [-0.3, -0.25) is 9.52 Å². The zero-order valence-electron chi connectivity index (χ0n) is 15.7. The van der Waals surface area contributed by atoms with Gasteiger partial charge >= 0.3 is 0 Å². The van der Waals surface area contributed by atoms with E-state index < -0.39 is 10.0 Å². The molecule has 1 atom stereocenters. The van der Waals surface area contributed by atoms with E-state index in [1.165, 1.54) is 12.1 Å². The molecule has 0 radical (unpaired) electrons. The summed E-state index contributed by atoms with van der Waals surface area (Å²) in [4.78, 5) is 12.6. The summed E-state index contributed by atoms with van der Waals surface area (Å²) in [6.07, 6.45) is 0. The van der Waals surface area contributed by atoms with Crippen molar-refractivity contribution < 1.29 is 13.2 Å². The van der Waals surface area contributed by atoms with Crippen LogP contribution in [0.3, 0.4) is 0 Å². The molecule has 3 rings (SSSR count). The predicted molar refractivity (Wildman–Crippen MR) is 111 cm³/mol. The second kappa shape index (κ2) is 8.27. The molecule has 0 saturated heterocycles. The first-order chi connectivity index (χ1) is 13.3. The molecule has 1 amide bonds. The van der Waals surface area contributed by atoms with Gasteiger partial charge in [0, 0.05) is 11.3 Å². The minimum atomic E-state index is -3.80. The average molecular weight is 394 g/mol. The first-order valence-corrected chi connectivity index (χ1v) is 10.4. The Bertz CT molecular complexity index is 1080. The molecule has 0 aliphatic carbocycles. The lowest BCUT2D eigenvalue weighted by Crippen LogP contribution is -2.26. The van der Waals surface area contributed by atoms with Crippen LogP contribution >= 0.6 is 0 Å². The first-order valence-electron chi connectivity index (χ1n) is 8.90. The highest BCUT2D eigenvalue weighted by atomic mass is 32.2. The van der Waals surface area contributed by atoms with Gasteiger partial charge in [-0.2, -0.15) is 0 Å². The van der Waals surface area contributed by atoms with E-state index in [0.717, 1.165) is 11.1 Å². The molecular weight excluding hydrogens is 372 g/mol. The topological polar surface area (TPSA) is 75.3 Å². The summed E-state index contributed by atoms with van der Waals surface area (Å²) in [5.74, 6) is -0.330. The second-order valence-corrected chi connectivity index (χ2v) is 8.29. The van der Waals surface area contributed by atoms with E-state index in [2.05, 4.69) is 10.0 Å². The van der Waals surface area contributed by atoms with Crippen LogP contribution in [0.4, 0.5) is 5.69 Å². The number of rotatable bonds is 6. The van der Waals surface area contributed by atoms with Gasteiger partial charge in [-0.1, -0.05) is 48.5 Å². The van der Waals surface area contributed by atoms with E-state index in [0.29, 0.717) is 5.69 Å². The molecule has 0 fully saturated rings. The lowest BCUT2D eigenvalue weighted by atomic mass is 10.1. The molecule has 3 aromatic rings. The quantitative estimate of drug-likeness (QED) is 0.655. The van der Waals surface area contributed by atoms with Crippen LogP contribution < -0.4 is 10.0 Å². The van der Waals surface area contributed by atoms with Crippen molar-refractivity contribution >= 4 is 21.6 Å². The highest BCUT2D eigenvalue weighted by Crippen LogP contribution is 2.19. The summed E-state index contributed by atoms with van der Waals surface area (Å²) in [5, 5.41) is 2.89. The summed E-state index contributed by atoms with van der Waals surface area (Å²) in [5.41, 5.74) is 2.69. The maximum atomic E-state index is 12.7. The van der Waals surface area contributed by atoms with Crippen molar-refractivity contribution in [2.45, 2.75) is 24.8 Å². The molecule has 0 heterocycles. The Morgan fingerprint density at radius 1 is 0.893 bits per heavy atom. The fourth-order valence-electron chi connectivity index (χ4n) is 2.83. The molecule has 28 heavy (non-hydrogen) atoms. The van der Waals surface area contributed by atoms with Gasteiger partial charge in [0.25, 0.3) is 15.9 Å². The van der Waals surface area contributed by atoms with Crippen molar-refractivity contribution in [1.29, 1.82) is 0 Å². The van der Waals surface area contributed by atoms with Gasteiger partial charge in [-0.05, 0) is 55.3 Å². The lowest BCUT2D eigenvalue weighted by molar-refractivity contribution is 0.0939. The van der Waals surface area contributed by atoms with E-state index in [1.54, 1.807) is 30.3 Å². The largest absolute Gasteiger partial charge is 0.346 e. The molecule has 0 bridgehead atoms. The number of carbonyl (C=O) groups is 1. The SMILES string of the molecule is Cc1cccc(NS(=O)(=O)c2cccc(C(=O)NC(C)c3ccccc3)c2)c1. The first kappa shape index (κ1) is 19.6. The third kappa shape index (κ3) is 4.78. The van der Waals surface area contributed by atoms with E-state index in [1.807, 2.05) is 50.2 Å². The van der Waals surface area contributed by atoms with Gasteiger partial charge in [0.1, 0.15) is 0 Å². The van der Waals surface area contributed by atoms with Crippen molar-refractivity contribution in [3.05, 3.63) is 95.6 Å². The molecule has 2 N–H and O–H groups in total. The van der Waals surface area contributed by atoms with Gasteiger partial charge in [0.15, 0.2) is 0 Å². The zero-order chi connectivity index (χ0) is 20.1. The monoisotopic (exact) mass is 394 g/mol. The molecule has 6 heteroatoms. The maximum absolute atomic E-state index is 12.7. The molecule has 0 aliphatic rings. The number of sulfonamides is 1. The van der Waals surface area contributed by atoms with Crippen molar-refractivity contribution in [2.24, 2.45) is 0 Å². The van der Waals surface area contributed by atoms with Gasteiger partial charge in [0.05, 0.1) is 10.9 Å². The number of hydrogen-bond acceptors (Lipinski definition) is 3. The maximum Gasteiger partial charge on any atom is 0.261 e. The Hall–Kier alpha value is -3.12. The lowest BCUT2D eigenvalue weighted by Gasteiger charge is -2.15. The minimum absolute atomic E-state index is 0.0361. The van der Waals surface area contributed by atoms with E-state index in [9.17, 15) is 13.2 Å². The van der Waals surface area contributed by atoms with Gasteiger partial charge in [0.2, 0.25) is 0 Å². The second-order valence-electron chi connectivity index (χ2n) is 6.61. The fourth-order valence-corrected chi connectivity index (χ4v) is 3.93. The summed E-state index contributed by atoms with van der Waals surface area (Å²) < 4.78 is 27.9. The number of benzene rings is 3. The Kier molecular flexibility index (Phi) is 5.80. The van der Waals surface area contributed by atoms with Crippen LogP contribution in [0, 0.1) is 6.92 Å². The standard InChI is InChI=1S/C22H22N2O3S/c1-16-8-6-12-20(14-16)24-28(26,27)21-13-7-11-19(15-21)22(25)23-17(2)18-9-4-3-5-10-18/h3-15,17,24H,1-2H3,(H,23,25). The fraction of sp³-hybridized carbons (Fsp3) is 0.136. The highest BCUT2D eigenvalue weighted by Gasteiger charge is 2.18. The smallest absolute Gasteiger partial charge is 0.261 e. The van der Waals surface area contributed by atoms with Crippen molar-refractivity contribution in [2.75, 3.05) is 4.72 Å². The molecule has 0 saturated carbocycles. The number of hydrogen-bond donors (Lipinski definition) is 2. The number of nitrogens with one attached hydrogen (secondary N) is 2. The molecule has 3 aromatic carbocycles. The van der Waals surface area contributed by atoms with Gasteiger partial charge in [-0.15, -0.1) is 0 Å². The van der Waals surface area contributed by atoms with Crippen LogP contribution in [-0.2, 0) is 10.0 Å². The molecule has 1 unspecified atom stereocenters. The van der Waals surface area contributed by atoms with E-state index >= 15 is 0 Å². The van der Waals surface area contributed by atoms with E-state index in [4.69, 9.17) is 0 Å². The predicted octanol–water partition coefficient (Wildman–Crippen LogP) is 4.29. The normalized spacial score (nSPS) is 12.2. The van der Waals surface area contributed by atoms with Crippen molar-refractivity contribution in [3.63, 3.8) is 0 Å². The number of amides is 1. The number of aryl methyl sites for hydroxylation is 1. The van der Waals surface area contributed by atoms with Crippen LogP contribution in [0.2, 0.25) is 0 Å². The Morgan fingerprint density at radius 2 is 1.61 bits per heavy atom. The number of anilines is 1. The summed E-state index contributed by atoms with van der Waals surface area (Å²) >= 11 is 0. The van der Waals surface area contributed by atoms with Gasteiger partial charge in [-0.25, -0.2) is 8.42 Å². The van der Waals surface area contributed by atoms with E-state index in [-0.39, 0.29) is 22.4 Å². The van der Waals surface area contributed by atoms with Crippen LogP contribution in [0.1, 0.15) is 34.5 Å². The minimum Gasteiger partial charge on any atom is -0.346 e. The van der Waals surface area contributed by atoms with Crippen LogP contribution in [0.25, 0.3) is 0 Å². The Balaban J connectivity index is 1.78. The Labute approximate surface area is 165 Å². The molecule has 0 spiro atoms. The third-order valence-corrected chi connectivity index (χ3v) is 5.70. The summed E-state index contributed by atoms with van der Waals surface area (Å²) in [6.45, 7) is 3.77. The highest BCUT2D eigenvalue weighted by molar-refractivity contribution is 7.92. The van der Waals surface area contributed by atoms with Crippen molar-refractivity contribution in [1.82, 2.24) is 5.32 Å². The average Bonchev–Trinajstić information content (AvgIpc) is 2.68. The molecular formula is C22H22N2O3S. The third-order valence-electron chi connectivity index (χ3n) is 4.32. The number of carbonyl (C=O) groups excluding carboxylic acids is 1. The molecule has 5 nitrogen and oxygen atoms in total. The molecule has 144 valence electrons. The molecule has 0 aliphatic heterocycles. The van der Waals surface area contributed by atoms with Crippen LogP contribution in [-0.4, -0.2) is 14.3 Å². The van der Waals surface area contributed by atoms with Crippen molar-refractivity contribution in [3.8, 4) is 0 Å². The zero-order valence-corrected chi connectivity index (χ0v) is 16.5. The summed E-state index contributed by atoms with van der Waals surface area (Å²) in [7, 11) is -3.80.